The maximum Gasteiger partial charge on any atom is 0.244 e. The Bertz CT molecular complexity index is 1330. The van der Waals surface area contributed by atoms with Gasteiger partial charge in [0.05, 0.1) is 13.1 Å². The van der Waals surface area contributed by atoms with Crippen LogP contribution in [0.25, 0.3) is 10.8 Å². The van der Waals surface area contributed by atoms with Gasteiger partial charge in [-0.25, -0.2) is 9.13 Å². The highest BCUT2D eigenvalue weighted by atomic mass is 16.1. The molecule has 1 aliphatic rings. The summed E-state index contributed by atoms with van der Waals surface area (Å²) in [6.07, 6.45) is 5.97. The first-order valence-corrected chi connectivity index (χ1v) is 11.5. The van der Waals surface area contributed by atoms with Crippen LogP contribution >= 0.6 is 0 Å². The number of carbonyl (C=O) groups is 2. The zero-order valence-electron chi connectivity index (χ0n) is 18.4. The van der Waals surface area contributed by atoms with Crippen molar-refractivity contribution in [2.75, 3.05) is 0 Å². The Morgan fingerprint density at radius 3 is 2.31 bits per heavy atom. The number of hydrogen-bond donors (Lipinski definition) is 0. The Labute approximate surface area is 188 Å². The van der Waals surface area contributed by atoms with Gasteiger partial charge in [-0.3, -0.25) is 9.59 Å². The first kappa shape index (κ1) is 20.4. The van der Waals surface area contributed by atoms with Crippen molar-refractivity contribution in [3.8, 4) is 0 Å². The third-order valence-corrected chi connectivity index (χ3v) is 6.38. The lowest BCUT2D eigenvalue weighted by molar-refractivity contribution is -0.698. The fourth-order valence-electron chi connectivity index (χ4n) is 4.68. The second-order valence-electron chi connectivity index (χ2n) is 8.54. The molecule has 0 spiro atoms. The molecule has 0 saturated carbocycles. The largest absolute Gasteiger partial charge is 0.284 e. The molecule has 1 aromatic heterocycles. The Morgan fingerprint density at radius 2 is 1.53 bits per heavy atom. The molecule has 0 N–H and O–H groups in total. The van der Waals surface area contributed by atoms with Gasteiger partial charge in [0.1, 0.15) is 0 Å². The summed E-state index contributed by atoms with van der Waals surface area (Å²) in [5.41, 5.74) is 3.32. The second-order valence-corrected chi connectivity index (χ2v) is 8.54. The Balaban J connectivity index is 1.50. The monoisotopic (exact) mass is 423 g/mol. The first-order valence-electron chi connectivity index (χ1n) is 11.5. The minimum Gasteiger partial charge on any atom is -0.284 e. The van der Waals surface area contributed by atoms with Crippen LogP contribution in [-0.2, 0) is 19.5 Å². The quantitative estimate of drug-likeness (QED) is 0.269. The summed E-state index contributed by atoms with van der Waals surface area (Å²) < 4.78 is 3.99. The number of rotatable bonds is 7. The Kier molecular flexibility index (Phi) is 5.44. The molecule has 1 heterocycles. The van der Waals surface area contributed by atoms with Crippen molar-refractivity contribution < 1.29 is 14.2 Å². The molecule has 5 rings (SSSR count). The summed E-state index contributed by atoms with van der Waals surface area (Å²) >= 11 is 0. The summed E-state index contributed by atoms with van der Waals surface area (Å²) in [6, 6.07) is 22.0. The lowest BCUT2D eigenvalue weighted by atomic mass is 9.90. The van der Waals surface area contributed by atoms with E-state index in [1.54, 1.807) is 12.1 Å². The van der Waals surface area contributed by atoms with Crippen LogP contribution in [0.5, 0.6) is 0 Å². The molecule has 0 aliphatic heterocycles. The van der Waals surface area contributed by atoms with Gasteiger partial charge in [-0.1, -0.05) is 80.1 Å². The zero-order valence-corrected chi connectivity index (χ0v) is 18.4. The Hall–Kier alpha value is -3.53. The van der Waals surface area contributed by atoms with Crippen LogP contribution in [0.15, 0.2) is 73.1 Å². The molecule has 0 radical (unpaired) electrons. The van der Waals surface area contributed by atoms with Crippen molar-refractivity contribution in [1.29, 1.82) is 0 Å². The number of unbranched alkanes of at least 4 members (excludes halogenated alkanes) is 2. The Morgan fingerprint density at radius 1 is 0.812 bits per heavy atom. The van der Waals surface area contributed by atoms with Crippen LogP contribution < -0.4 is 4.57 Å². The van der Waals surface area contributed by atoms with Gasteiger partial charge in [0.25, 0.3) is 0 Å². The molecule has 0 amide bonds. The SMILES string of the molecule is CCCCC[n+]1cn(CCc2ccc3ccccc3c2)c2c1C(=O)c1ccccc1C2=O. The predicted molar refractivity (Wildman–Crippen MR) is 125 cm³/mol. The van der Waals surface area contributed by atoms with Gasteiger partial charge < -0.3 is 0 Å². The fourth-order valence-corrected chi connectivity index (χ4v) is 4.68. The van der Waals surface area contributed by atoms with E-state index in [0.717, 1.165) is 32.2 Å². The van der Waals surface area contributed by atoms with E-state index in [-0.39, 0.29) is 11.6 Å². The molecular formula is C28H27N2O2+. The van der Waals surface area contributed by atoms with Gasteiger partial charge in [-0.15, -0.1) is 0 Å². The van der Waals surface area contributed by atoms with Gasteiger partial charge in [-0.2, -0.15) is 0 Å². The van der Waals surface area contributed by atoms with Crippen molar-refractivity contribution in [1.82, 2.24) is 4.57 Å². The predicted octanol–water partition coefficient (Wildman–Crippen LogP) is 5.14. The molecule has 0 fully saturated rings. The van der Waals surface area contributed by atoms with Crippen molar-refractivity contribution in [2.24, 2.45) is 0 Å². The number of fused-ring (bicyclic) bond motifs is 3. The van der Waals surface area contributed by atoms with Gasteiger partial charge in [-0.05, 0) is 29.2 Å². The number of imidazole rings is 1. The van der Waals surface area contributed by atoms with E-state index in [2.05, 4.69) is 43.3 Å². The summed E-state index contributed by atoms with van der Waals surface area (Å²) in [7, 11) is 0. The molecule has 160 valence electrons. The maximum atomic E-state index is 13.4. The number of benzene rings is 3. The third kappa shape index (κ3) is 3.56. The summed E-state index contributed by atoms with van der Waals surface area (Å²) in [4.78, 5) is 26.8. The number of ketones is 2. The fraction of sp³-hybridized carbons (Fsp3) is 0.250. The highest BCUT2D eigenvalue weighted by molar-refractivity contribution is 6.26. The molecular weight excluding hydrogens is 396 g/mol. The van der Waals surface area contributed by atoms with Gasteiger partial charge in [0.2, 0.25) is 29.3 Å². The highest BCUT2D eigenvalue weighted by Crippen LogP contribution is 2.26. The van der Waals surface area contributed by atoms with Crippen LogP contribution in [0.1, 0.15) is 63.9 Å². The van der Waals surface area contributed by atoms with E-state index in [4.69, 9.17) is 0 Å². The zero-order chi connectivity index (χ0) is 22.1. The van der Waals surface area contributed by atoms with E-state index < -0.39 is 0 Å². The van der Waals surface area contributed by atoms with E-state index >= 15 is 0 Å². The average molecular weight is 424 g/mol. The highest BCUT2D eigenvalue weighted by Gasteiger charge is 2.40. The molecule has 0 atom stereocenters. The number of carbonyl (C=O) groups excluding carboxylic acids is 2. The van der Waals surface area contributed by atoms with Crippen LogP contribution in [0, 0.1) is 0 Å². The normalized spacial score (nSPS) is 12.8. The molecule has 3 aromatic carbocycles. The molecule has 4 nitrogen and oxygen atoms in total. The number of hydrogen-bond acceptors (Lipinski definition) is 2. The third-order valence-electron chi connectivity index (χ3n) is 6.38. The molecule has 0 unspecified atom stereocenters. The second kappa shape index (κ2) is 8.54. The maximum absolute atomic E-state index is 13.4. The van der Waals surface area contributed by atoms with Crippen LogP contribution in [0.3, 0.4) is 0 Å². The van der Waals surface area contributed by atoms with Crippen molar-refractivity contribution in [2.45, 2.75) is 45.7 Å². The van der Waals surface area contributed by atoms with Crippen molar-refractivity contribution >= 4 is 22.3 Å². The van der Waals surface area contributed by atoms with Crippen LogP contribution in [0.2, 0.25) is 0 Å². The minimum absolute atomic E-state index is 0.0452. The van der Waals surface area contributed by atoms with E-state index in [9.17, 15) is 9.59 Å². The molecule has 0 bridgehead atoms. The summed E-state index contributed by atoms with van der Waals surface area (Å²) in [5, 5.41) is 2.44. The van der Waals surface area contributed by atoms with E-state index in [1.165, 1.54) is 16.3 Å². The average Bonchev–Trinajstić information content (AvgIpc) is 3.20. The molecule has 32 heavy (non-hydrogen) atoms. The summed E-state index contributed by atoms with van der Waals surface area (Å²) in [6.45, 7) is 3.57. The topological polar surface area (TPSA) is 43.0 Å². The van der Waals surface area contributed by atoms with Crippen molar-refractivity contribution in [3.05, 3.63) is 101 Å². The molecule has 1 aliphatic carbocycles. The smallest absolute Gasteiger partial charge is 0.244 e. The number of aryl methyl sites for hydroxylation is 3. The van der Waals surface area contributed by atoms with Gasteiger partial charge >= 0.3 is 0 Å². The number of nitrogens with zero attached hydrogens (tertiary/aromatic N) is 2. The standard InChI is InChI=1S/C28H27N2O2/c1-2-3-8-16-29-19-30(17-15-20-13-14-21-9-4-5-10-22(21)18-20)26-25(29)27(31)23-11-6-7-12-24(23)28(26)32/h4-7,9-14,18-19H,2-3,8,15-17H2,1H3/q+1. The first-order chi connectivity index (χ1) is 15.7. The van der Waals surface area contributed by atoms with E-state index in [0.29, 0.717) is 29.1 Å². The molecule has 4 heteroatoms. The summed E-state index contributed by atoms with van der Waals surface area (Å²) in [5.74, 6) is -0.0980. The van der Waals surface area contributed by atoms with Gasteiger partial charge in [0, 0.05) is 17.5 Å². The van der Waals surface area contributed by atoms with Crippen molar-refractivity contribution in [3.63, 3.8) is 0 Å². The molecule has 0 saturated heterocycles. The van der Waals surface area contributed by atoms with Crippen LogP contribution in [-0.4, -0.2) is 16.1 Å². The number of aromatic nitrogens is 2. The lowest BCUT2D eigenvalue weighted by Crippen LogP contribution is -2.40. The molecule has 4 aromatic rings. The van der Waals surface area contributed by atoms with Crippen LogP contribution in [0.4, 0.5) is 0 Å². The van der Waals surface area contributed by atoms with Gasteiger partial charge in [0.15, 0.2) is 0 Å². The lowest BCUT2D eigenvalue weighted by Gasteiger charge is -2.13. The minimum atomic E-state index is -0.0528. The van der Waals surface area contributed by atoms with E-state index in [1.807, 2.05) is 33.7 Å².